The number of hydrogen-bond donors (Lipinski definition) is 0. The molecule has 0 saturated heterocycles. The Morgan fingerprint density at radius 3 is 1.48 bits per heavy atom. The van der Waals surface area contributed by atoms with Crippen LogP contribution in [0.15, 0.2) is 11.8 Å². The first-order valence-corrected chi connectivity index (χ1v) is 8.61. The van der Waals surface area contributed by atoms with Crippen molar-refractivity contribution in [2.24, 2.45) is 0 Å². The Labute approximate surface area is 130 Å². The number of halogens is 7. The van der Waals surface area contributed by atoms with E-state index < -0.39 is 33.2 Å². The van der Waals surface area contributed by atoms with E-state index in [2.05, 4.69) is 0 Å². The quantitative estimate of drug-likeness (QED) is 0.421. The van der Waals surface area contributed by atoms with Gasteiger partial charge in [0.1, 0.15) is 0 Å². The van der Waals surface area contributed by atoms with Crippen molar-refractivity contribution < 1.29 is 44.0 Å². The molecule has 0 saturated carbocycles. The highest BCUT2D eigenvalue weighted by atomic mass is 28.4. The summed E-state index contributed by atoms with van der Waals surface area (Å²) in [4.78, 5) is 0. The smallest absolute Gasteiger partial charge is 0.371 e. The van der Waals surface area contributed by atoms with Crippen molar-refractivity contribution >= 4 is 8.80 Å². The fraction of sp³-hybridized carbons (Fsp3) is 0.833. The summed E-state index contributed by atoms with van der Waals surface area (Å²) in [5, 5.41) is 0. The number of allylic oxidation sites excluding steroid dienone is 1. The second-order valence-electron chi connectivity index (χ2n) is 4.29. The minimum atomic E-state index is -6.35. The van der Waals surface area contributed by atoms with Gasteiger partial charge in [-0.05, 0) is 26.5 Å². The molecule has 0 aromatic heterocycles. The third-order valence-electron chi connectivity index (χ3n) is 2.55. The van der Waals surface area contributed by atoms with Gasteiger partial charge in [0.2, 0.25) is 0 Å². The zero-order chi connectivity index (χ0) is 18.4. The van der Waals surface area contributed by atoms with Crippen LogP contribution in [-0.2, 0) is 13.3 Å². The molecule has 0 rings (SSSR count). The molecule has 0 unspecified atom stereocenters. The van der Waals surface area contributed by atoms with Gasteiger partial charge in [-0.3, -0.25) is 0 Å². The van der Waals surface area contributed by atoms with Crippen molar-refractivity contribution in [2.75, 3.05) is 19.8 Å². The second kappa shape index (κ2) is 8.45. The standard InChI is InChI=1S/C12H19F7O3Si/c1-4-20-23(21-5-2,22-6-3)9-7-8-10(13,14)11(15,16)12(17,18)19/h7,9H,4-6,8H2,1-3H3/b9-7+. The van der Waals surface area contributed by atoms with Crippen LogP contribution in [-0.4, -0.2) is 46.6 Å². The maximum Gasteiger partial charge on any atom is 0.529 e. The number of rotatable bonds is 10. The monoisotopic (exact) mass is 372 g/mol. The van der Waals surface area contributed by atoms with Gasteiger partial charge >= 0.3 is 26.8 Å². The van der Waals surface area contributed by atoms with E-state index >= 15 is 0 Å². The summed E-state index contributed by atoms with van der Waals surface area (Å²) >= 11 is 0. The van der Waals surface area contributed by atoms with Crippen LogP contribution in [0.5, 0.6) is 0 Å². The van der Waals surface area contributed by atoms with Gasteiger partial charge in [0.15, 0.2) is 0 Å². The molecule has 0 aliphatic rings. The van der Waals surface area contributed by atoms with Crippen LogP contribution in [0.2, 0.25) is 0 Å². The fourth-order valence-electron chi connectivity index (χ4n) is 1.56. The molecule has 0 bridgehead atoms. The minimum absolute atomic E-state index is 0.0890. The second-order valence-corrected chi connectivity index (χ2v) is 6.69. The van der Waals surface area contributed by atoms with Gasteiger partial charge in [0.05, 0.1) is 0 Å². The van der Waals surface area contributed by atoms with Crippen LogP contribution in [0, 0.1) is 0 Å². The Hall–Kier alpha value is -0.653. The molecule has 0 atom stereocenters. The lowest BCUT2D eigenvalue weighted by atomic mass is 10.1. The summed E-state index contributed by atoms with van der Waals surface area (Å²) in [6.07, 6.45) is -7.70. The summed E-state index contributed by atoms with van der Waals surface area (Å²) in [7, 11) is -3.54. The Kier molecular flexibility index (Phi) is 8.21. The van der Waals surface area contributed by atoms with Crippen LogP contribution in [0.4, 0.5) is 30.7 Å². The predicted molar refractivity (Wildman–Crippen MR) is 70.3 cm³/mol. The van der Waals surface area contributed by atoms with E-state index in [-0.39, 0.29) is 19.8 Å². The van der Waals surface area contributed by atoms with E-state index in [0.717, 1.165) is 5.70 Å². The van der Waals surface area contributed by atoms with Gasteiger partial charge in [0, 0.05) is 26.2 Å². The summed E-state index contributed by atoms with van der Waals surface area (Å²) in [5.74, 6) is -11.4. The lowest BCUT2D eigenvalue weighted by molar-refractivity contribution is -0.353. The SMILES string of the molecule is CCO[Si](/C=C/CC(F)(F)C(F)(F)C(F)(F)F)(OCC)OCC. The molecule has 11 heteroatoms. The van der Waals surface area contributed by atoms with Crippen LogP contribution >= 0.6 is 0 Å². The molecule has 0 spiro atoms. The van der Waals surface area contributed by atoms with Crippen molar-refractivity contribution in [3.8, 4) is 0 Å². The number of hydrogen-bond acceptors (Lipinski definition) is 3. The molecule has 0 radical (unpaired) electrons. The highest BCUT2D eigenvalue weighted by molar-refractivity contribution is 6.66. The normalized spacial score (nSPS) is 14.7. The van der Waals surface area contributed by atoms with Gasteiger partial charge in [-0.1, -0.05) is 6.08 Å². The molecular weight excluding hydrogens is 353 g/mol. The first-order chi connectivity index (χ1) is 10.4. The molecule has 0 aromatic carbocycles. The van der Waals surface area contributed by atoms with Gasteiger partial charge in [-0.2, -0.15) is 30.7 Å². The van der Waals surface area contributed by atoms with Gasteiger partial charge in [0.25, 0.3) is 0 Å². The zero-order valence-corrected chi connectivity index (χ0v) is 13.9. The molecule has 0 aromatic rings. The molecule has 0 N–H and O–H groups in total. The fourth-order valence-corrected chi connectivity index (χ4v) is 3.71. The van der Waals surface area contributed by atoms with Crippen LogP contribution < -0.4 is 0 Å². The zero-order valence-electron chi connectivity index (χ0n) is 12.9. The largest absolute Gasteiger partial charge is 0.529 e. The van der Waals surface area contributed by atoms with Crippen molar-refractivity contribution in [3.63, 3.8) is 0 Å². The van der Waals surface area contributed by atoms with Crippen molar-refractivity contribution in [1.29, 1.82) is 0 Å². The Morgan fingerprint density at radius 2 is 1.17 bits per heavy atom. The molecule has 3 nitrogen and oxygen atoms in total. The van der Waals surface area contributed by atoms with Gasteiger partial charge < -0.3 is 13.3 Å². The van der Waals surface area contributed by atoms with Gasteiger partial charge in [-0.15, -0.1) is 0 Å². The molecule has 0 heterocycles. The lowest BCUT2D eigenvalue weighted by Crippen LogP contribution is -2.51. The van der Waals surface area contributed by atoms with Crippen LogP contribution in [0.3, 0.4) is 0 Å². The highest BCUT2D eigenvalue weighted by Gasteiger charge is 2.72. The minimum Gasteiger partial charge on any atom is -0.371 e. The van der Waals surface area contributed by atoms with Crippen LogP contribution in [0.1, 0.15) is 27.2 Å². The predicted octanol–water partition coefficient (Wildman–Crippen LogP) is 4.35. The summed E-state index contributed by atoms with van der Waals surface area (Å²) in [5.41, 5.74) is 0.893. The molecule has 138 valence electrons. The van der Waals surface area contributed by atoms with E-state index in [4.69, 9.17) is 13.3 Å². The average molecular weight is 372 g/mol. The molecule has 0 amide bonds. The maximum atomic E-state index is 13.2. The Bertz CT molecular complexity index is 368. The molecule has 0 aliphatic heterocycles. The third-order valence-corrected chi connectivity index (χ3v) is 5.27. The first-order valence-electron chi connectivity index (χ1n) is 6.81. The number of alkyl halides is 7. The van der Waals surface area contributed by atoms with E-state index in [1.54, 1.807) is 20.8 Å². The molecule has 0 aliphatic carbocycles. The van der Waals surface area contributed by atoms with Crippen molar-refractivity contribution in [3.05, 3.63) is 11.8 Å². The molecule has 0 fully saturated rings. The summed E-state index contributed by atoms with van der Waals surface area (Å²) < 4.78 is 104. The summed E-state index contributed by atoms with van der Waals surface area (Å²) in [6.45, 7) is 4.98. The van der Waals surface area contributed by atoms with Crippen molar-refractivity contribution in [2.45, 2.75) is 45.2 Å². The highest BCUT2D eigenvalue weighted by Crippen LogP contribution is 2.48. The van der Waals surface area contributed by atoms with Crippen LogP contribution in [0.25, 0.3) is 0 Å². The average Bonchev–Trinajstić information content (AvgIpc) is 2.37. The third kappa shape index (κ3) is 5.73. The van der Waals surface area contributed by atoms with Gasteiger partial charge in [-0.25, -0.2) is 0 Å². The van der Waals surface area contributed by atoms with E-state index in [9.17, 15) is 30.7 Å². The summed E-state index contributed by atoms with van der Waals surface area (Å²) in [6, 6.07) is 0. The molecule has 23 heavy (non-hydrogen) atoms. The first kappa shape index (κ1) is 22.3. The maximum absolute atomic E-state index is 13.2. The Balaban J connectivity index is 5.24. The molecular formula is C12H19F7O3Si. The van der Waals surface area contributed by atoms with Crippen molar-refractivity contribution in [1.82, 2.24) is 0 Å². The van der Waals surface area contributed by atoms with E-state index in [1.165, 1.54) is 0 Å². The Morgan fingerprint density at radius 1 is 0.783 bits per heavy atom. The van der Waals surface area contributed by atoms with E-state index in [1.807, 2.05) is 0 Å². The van der Waals surface area contributed by atoms with E-state index in [0.29, 0.717) is 6.08 Å². The topological polar surface area (TPSA) is 27.7 Å². The lowest BCUT2D eigenvalue weighted by Gasteiger charge is -2.28.